The minimum Gasteiger partial charge on any atom is -0.348 e. The van der Waals surface area contributed by atoms with Crippen molar-refractivity contribution in [1.82, 2.24) is 20.4 Å². The van der Waals surface area contributed by atoms with Crippen LogP contribution in [0.25, 0.3) is 0 Å². The second-order valence-electron chi connectivity index (χ2n) is 7.66. The van der Waals surface area contributed by atoms with Gasteiger partial charge in [-0.15, -0.1) is 11.3 Å². The number of likely N-dealkylation sites (tertiary alicyclic amines) is 1. The van der Waals surface area contributed by atoms with Gasteiger partial charge in [-0.25, -0.2) is 0 Å². The van der Waals surface area contributed by atoms with Gasteiger partial charge in [0.25, 0.3) is 5.91 Å². The standard InChI is InChI=1S/C20H28N4OS/c25-20(18-12-21-23-19(18)15-6-2-1-3-7-15)22-16-8-4-10-24(13-16)14-17-9-5-11-26-17/h5,9,11-12,15-16H,1-4,6-8,10,13-14H2,(H,21,23)(H,22,25). The number of nitrogens with zero attached hydrogens (tertiary/aromatic N) is 2. The van der Waals surface area contributed by atoms with Gasteiger partial charge in [0, 0.05) is 29.9 Å². The largest absolute Gasteiger partial charge is 0.348 e. The van der Waals surface area contributed by atoms with Crippen LogP contribution in [0.3, 0.4) is 0 Å². The van der Waals surface area contributed by atoms with Gasteiger partial charge in [-0.1, -0.05) is 25.3 Å². The summed E-state index contributed by atoms with van der Waals surface area (Å²) in [6.07, 6.45) is 10.1. The number of carbonyl (C=O) groups is 1. The van der Waals surface area contributed by atoms with Crippen molar-refractivity contribution in [2.45, 2.75) is 63.5 Å². The van der Waals surface area contributed by atoms with Crippen LogP contribution in [-0.4, -0.2) is 40.1 Å². The zero-order valence-electron chi connectivity index (χ0n) is 15.2. The lowest BCUT2D eigenvalue weighted by Crippen LogP contribution is -2.47. The molecule has 0 radical (unpaired) electrons. The lowest BCUT2D eigenvalue weighted by molar-refractivity contribution is 0.0899. The summed E-state index contributed by atoms with van der Waals surface area (Å²) in [4.78, 5) is 16.7. The molecule has 1 aliphatic carbocycles. The Kier molecular flexibility index (Phi) is 5.70. The van der Waals surface area contributed by atoms with E-state index >= 15 is 0 Å². The third-order valence-corrected chi connectivity index (χ3v) is 6.59. The van der Waals surface area contributed by atoms with Gasteiger partial charge in [0.2, 0.25) is 0 Å². The van der Waals surface area contributed by atoms with Crippen molar-refractivity contribution in [2.75, 3.05) is 13.1 Å². The van der Waals surface area contributed by atoms with Gasteiger partial charge in [-0.05, 0) is 43.7 Å². The maximum absolute atomic E-state index is 12.9. The molecule has 2 aromatic heterocycles. The highest BCUT2D eigenvalue weighted by Crippen LogP contribution is 2.33. The number of thiophene rings is 1. The third kappa shape index (κ3) is 4.18. The maximum atomic E-state index is 12.9. The average molecular weight is 373 g/mol. The smallest absolute Gasteiger partial charge is 0.255 e. The third-order valence-electron chi connectivity index (χ3n) is 5.73. The van der Waals surface area contributed by atoms with Crippen molar-refractivity contribution < 1.29 is 4.79 Å². The van der Waals surface area contributed by atoms with Crippen LogP contribution in [0.1, 0.15) is 71.8 Å². The highest BCUT2D eigenvalue weighted by atomic mass is 32.1. The van der Waals surface area contributed by atoms with Crippen molar-refractivity contribution in [1.29, 1.82) is 0 Å². The number of amides is 1. The summed E-state index contributed by atoms with van der Waals surface area (Å²) < 4.78 is 0. The van der Waals surface area contributed by atoms with Crippen LogP contribution in [0.4, 0.5) is 0 Å². The Labute approximate surface area is 159 Å². The van der Waals surface area contributed by atoms with E-state index in [1.807, 2.05) is 0 Å². The van der Waals surface area contributed by atoms with Gasteiger partial charge in [0.15, 0.2) is 0 Å². The summed E-state index contributed by atoms with van der Waals surface area (Å²) in [6, 6.07) is 4.52. The Balaban J connectivity index is 1.36. The van der Waals surface area contributed by atoms with E-state index in [-0.39, 0.29) is 11.9 Å². The van der Waals surface area contributed by atoms with Crippen molar-refractivity contribution in [3.63, 3.8) is 0 Å². The fraction of sp³-hybridized carbons (Fsp3) is 0.600. The van der Waals surface area contributed by atoms with E-state index in [0.29, 0.717) is 5.92 Å². The normalized spacial score (nSPS) is 22.4. The number of H-pyrrole nitrogens is 1. The molecular weight excluding hydrogens is 344 g/mol. The minimum atomic E-state index is 0.0438. The number of aromatic nitrogens is 2. The van der Waals surface area contributed by atoms with E-state index in [2.05, 4.69) is 37.9 Å². The molecule has 3 heterocycles. The van der Waals surface area contributed by atoms with Crippen LogP contribution < -0.4 is 5.32 Å². The Bertz CT molecular complexity index is 705. The van der Waals surface area contributed by atoms with Gasteiger partial charge in [-0.2, -0.15) is 5.10 Å². The number of rotatable bonds is 5. The highest BCUT2D eigenvalue weighted by molar-refractivity contribution is 7.09. The lowest BCUT2D eigenvalue weighted by Gasteiger charge is -2.33. The molecule has 1 aliphatic heterocycles. The van der Waals surface area contributed by atoms with Crippen molar-refractivity contribution in [3.05, 3.63) is 39.8 Å². The molecule has 0 spiro atoms. The van der Waals surface area contributed by atoms with Crippen LogP contribution in [0, 0.1) is 0 Å². The van der Waals surface area contributed by atoms with E-state index in [1.165, 1.54) is 37.0 Å². The number of hydrogen-bond acceptors (Lipinski definition) is 4. The first-order valence-electron chi connectivity index (χ1n) is 9.88. The second-order valence-corrected chi connectivity index (χ2v) is 8.69. The molecule has 1 atom stereocenters. The molecular formula is C20H28N4OS. The molecule has 4 rings (SSSR count). The van der Waals surface area contributed by atoms with Crippen molar-refractivity contribution in [3.8, 4) is 0 Å². The summed E-state index contributed by atoms with van der Waals surface area (Å²) in [5.41, 5.74) is 1.81. The van der Waals surface area contributed by atoms with Crippen LogP contribution in [0.5, 0.6) is 0 Å². The number of piperidine rings is 1. The predicted molar refractivity (Wildman–Crippen MR) is 104 cm³/mol. The first kappa shape index (κ1) is 17.7. The first-order valence-corrected chi connectivity index (χ1v) is 10.8. The number of hydrogen-bond donors (Lipinski definition) is 2. The van der Waals surface area contributed by atoms with Crippen molar-refractivity contribution >= 4 is 17.2 Å². The molecule has 0 bridgehead atoms. The molecule has 2 aliphatic rings. The minimum absolute atomic E-state index is 0.0438. The van der Waals surface area contributed by atoms with Gasteiger partial charge < -0.3 is 5.32 Å². The fourth-order valence-electron chi connectivity index (χ4n) is 4.38. The summed E-state index contributed by atoms with van der Waals surface area (Å²) >= 11 is 1.81. The predicted octanol–water partition coefficient (Wildman–Crippen LogP) is 3.91. The van der Waals surface area contributed by atoms with Crippen LogP contribution in [0.2, 0.25) is 0 Å². The summed E-state index contributed by atoms with van der Waals surface area (Å²) in [5, 5.41) is 12.7. The molecule has 1 amide bonds. The second kappa shape index (κ2) is 8.35. The van der Waals surface area contributed by atoms with Gasteiger partial charge in [-0.3, -0.25) is 14.8 Å². The average Bonchev–Trinajstić information content (AvgIpc) is 3.34. The SMILES string of the molecule is O=C(NC1CCCN(Cc2cccs2)C1)c1cn[nH]c1C1CCCCC1. The molecule has 1 unspecified atom stereocenters. The Hall–Kier alpha value is -1.66. The van der Waals surface area contributed by atoms with E-state index < -0.39 is 0 Å². The van der Waals surface area contributed by atoms with Crippen molar-refractivity contribution in [2.24, 2.45) is 0 Å². The lowest BCUT2D eigenvalue weighted by atomic mass is 9.85. The number of nitrogens with one attached hydrogen (secondary N) is 2. The Morgan fingerprint density at radius 2 is 2.15 bits per heavy atom. The summed E-state index contributed by atoms with van der Waals surface area (Å²) in [7, 11) is 0. The highest BCUT2D eigenvalue weighted by Gasteiger charge is 2.26. The topological polar surface area (TPSA) is 61.0 Å². The van der Waals surface area contributed by atoms with Gasteiger partial charge in [0.1, 0.15) is 0 Å². The molecule has 26 heavy (non-hydrogen) atoms. The van der Waals surface area contributed by atoms with E-state index in [0.717, 1.165) is 43.7 Å². The number of carbonyl (C=O) groups excluding carboxylic acids is 1. The first-order chi connectivity index (χ1) is 12.8. The molecule has 1 saturated carbocycles. The molecule has 6 heteroatoms. The Morgan fingerprint density at radius 3 is 2.96 bits per heavy atom. The van der Waals surface area contributed by atoms with E-state index in [4.69, 9.17) is 0 Å². The fourth-order valence-corrected chi connectivity index (χ4v) is 5.13. The van der Waals surface area contributed by atoms with Gasteiger partial charge >= 0.3 is 0 Å². The summed E-state index contributed by atoms with van der Waals surface area (Å²) in [6.45, 7) is 3.03. The quantitative estimate of drug-likeness (QED) is 0.836. The summed E-state index contributed by atoms with van der Waals surface area (Å²) in [5.74, 6) is 0.510. The van der Waals surface area contributed by atoms with Gasteiger partial charge in [0.05, 0.1) is 17.5 Å². The molecule has 2 fully saturated rings. The van der Waals surface area contributed by atoms with E-state index in [1.54, 1.807) is 17.5 Å². The molecule has 1 saturated heterocycles. The van der Waals surface area contributed by atoms with E-state index in [9.17, 15) is 4.79 Å². The molecule has 0 aromatic carbocycles. The molecule has 2 N–H and O–H groups in total. The molecule has 2 aromatic rings. The monoisotopic (exact) mass is 372 g/mol. The zero-order chi connectivity index (χ0) is 17.8. The van der Waals surface area contributed by atoms with Crippen LogP contribution in [0.15, 0.2) is 23.7 Å². The Morgan fingerprint density at radius 1 is 1.27 bits per heavy atom. The number of aromatic amines is 1. The zero-order valence-corrected chi connectivity index (χ0v) is 16.1. The van der Waals surface area contributed by atoms with Crippen LogP contribution >= 0.6 is 11.3 Å². The molecule has 140 valence electrons. The maximum Gasteiger partial charge on any atom is 0.255 e. The van der Waals surface area contributed by atoms with Crippen LogP contribution in [-0.2, 0) is 6.54 Å². The molecule has 5 nitrogen and oxygen atoms in total.